The van der Waals surface area contributed by atoms with Crippen molar-refractivity contribution in [3.05, 3.63) is 120 Å². The zero-order chi connectivity index (χ0) is 29.5. The second-order valence-electron chi connectivity index (χ2n) is 12.6. The molecule has 42 heavy (non-hydrogen) atoms. The van der Waals surface area contributed by atoms with Crippen LogP contribution in [0.1, 0.15) is 53.7 Å². The molecule has 1 aromatic carbocycles. The Morgan fingerprint density at radius 3 is 2.14 bits per heavy atom. The van der Waals surface area contributed by atoms with Crippen molar-refractivity contribution in [1.29, 1.82) is 5.26 Å². The molecule has 3 heterocycles. The standard InChI is InChI=1S/C35H35N5O2/c1-23-28(16-29-17-30(23)34(29,2)3)22-40-32(18-31(41)27-6-4-26(21-36)5-7-27)39-35(33(40)42,19-24-8-12-37-13-9-24)20-25-10-14-38-15-11-25/h4-15,18,28-30,39H,1,16-17,19-20,22H2,2-3H3/b32-18+. The number of ketones is 1. The number of hydrogen-bond acceptors (Lipinski definition) is 6. The lowest BCUT2D eigenvalue weighted by molar-refractivity contribution is -0.132. The molecule has 0 spiro atoms. The maximum Gasteiger partial charge on any atom is 0.254 e. The molecule has 3 aromatic rings. The first-order chi connectivity index (χ1) is 20.2. The molecule has 7 rings (SSSR count). The Bertz CT molecular complexity index is 1550. The van der Waals surface area contributed by atoms with Gasteiger partial charge in [0, 0.05) is 55.8 Å². The Hall–Kier alpha value is -4.57. The van der Waals surface area contributed by atoms with Gasteiger partial charge in [0.2, 0.25) is 0 Å². The molecule has 3 saturated carbocycles. The number of nitriles is 1. The summed E-state index contributed by atoms with van der Waals surface area (Å²) in [5.74, 6) is 1.45. The van der Waals surface area contributed by atoms with Crippen LogP contribution < -0.4 is 5.32 Å². The van der Waals surface area contributed by atoms with Crippen molar-refractivity contribution in [2.45, 2.75) is 45.1 Å². The summed E-state index contributed by atoms with van der Waals surface area (Å²) >= 11 is 0. The van der Waals surface area contributed by atoms with Crippen LogP contribution in [0.5, 0.6) is 0 Å². The van der Waals surface area contributed by atoms with Gasteiger partial charge in [-0.15, -0.1) is 0 Å². The second-order valence-corrected chi connectivity index (χ2v) is 12.6. The third kappa shape index (κ3) is 4.92. The lowest BCUT2D eigenvalue weighted by Gasteiger charge is -2.60. The van der Waals surface area contributed by atoms with Crippen LogP contribution in [0.15, 0.2) is 97.4 Å². The quantitative estimate of drug-likeness (QED) is 0.230. The predicted octanol–water partition coefficient (Wildman–Crippen LogP) is 5.27. The molecule has 212 valence electrons. The molecule has 7 nitrogen and oxygen atoms in total. The molecule has 0 radical (unpaired) electrons. The van der Waals surface area contributed by atoms with E-state index in [1.54, 1.807) is 54.0 Å². The first kappa shape index (κ1) is 27.6. The fraction of sp³-hybridized carbons (Fsp3) is 0.343. The van der Waals surface area contributed by atoms with E-state index in [4.69, 9.17) is 0 Å². The van der Waals surface area contributed by atoms with Gasteiger partial charge in [-0.2, -0.15) is 5.26 Å². The molecule has 1 saturated heterocycles. The Morgan fingerprint density at radius 2 is 1.62 bits per heavy atom. The average molecular weight is 558 g/mol. The number of fused-ring (bicyclic) bond motifs is 2. The van der Waals surface area contributed by atoms with Crippen molar-refractivity contribution >= 4 is 11.7 Å². The molecule has 3 atom stereocenters. The summed E-state index contributed by atoms with van der Waals surface area (Å²) in [5, 5.41) is 12.7. The van der Waals surface area contributed by atoms with Gasteiger partial charge in [0.15, 0.2) is 5.78 Å². The Morgan fingerprint density at radius 1 is 1.02 bits per heavy atom. The van der Waals surface area contributed by atoms with Crippen LogP contribution in [0.2, 0.25) is 0 Å². The average Bonchev–Trinajstić information content (AvgIpc) is 3.23. The van der Waals surface area contributed by atoms with Crippen LogP contribution in [-0.2, 0) is 17.6 Å². The number of amides is 1. The molecule has 4 aliphatic rings. The molecular weight excluding hydrogens is 522 g/mol. The molecule has 3 unspecified atom stereocenters. The number of nitrogens with zero attached hydrogens (tertiary/aromatic N) is 4. The molecule has 1 N–H and O–H groups in total. The molecule has 1 aliphatic heterocycles. The van der Waals surface area contributed by atoms with E-state index in [1.165, 1.54) is 18.1 Å². The molecule has 2 aromatic heterocycles. The summed E-state index contributed by atoms with van der Waals surface area (Å²) in [6.45, 7) is 9.65. The summed E-state index contributed by atoms with van der Waals surface area (Å²) in [7, 11) is 0. The number of carbonyl (C=O) groups excluding carboxylic acids is 2. The summed E-state index contributed by atoms with van der Waals surface area (Å²) in [6, 6.07) is 16.4. The molecule has 3 aliphatic carbocycles. The number of hydrogen-bond donors (Lipinski definition) is 1. The van der Waals surface area contributed by atoms with Gasteiger partial charge in [-0.1, -0.05) is 26.0 Å². The van der Waals surface area contributed by atoms with Gasteiger partial charge in [-0.05, 0) is 95.7 Å². The first-order valence-electron chi connectivity index (χ1n) is 14.5. The van der Waals surface area contributed by atoms with E-state index in [2.05, 4.69) is 41.8 Å². The third-order valence-corrected chi connectivity index (χ3v) is 9.80. The topological polar surface area (TPSA) is 99.0 Å². The van der Waals surface area contributed by atoms with Gasteiger partial charge >= 0.3 is 0 Å². The van der Waals surface area contributed by atoms with E-state index >= 15 is 0 Å². The highest BCUT2D eigenvalue weighted by molar-refractivity contribution is 6.06. The molecule has 7 heteroatoms. The molecule has 2 bridgehead atoms. The number of allylic oxidation sites excluding steroid dienone is 1. The molecule has 4 fully saturated rings. The fourth-order valence-electron chi connectivity index (χ4n) is 7.18. The van der Waals surface area contributed by atoms with E-state index in [9.17, 15) is 14.9 Å². The van der Waals surface area contributed by atoms with Crippen LogP contribution in [0.3, 0.4) is 0 Å². The van der Waals surface area contributed by atoms with Crippen LogP contribution in [-0.4, -0.2) is 38.6 Å². The van der Waals surface area contributed by atoms with Crippen LogP contribution in [0.25, 0.3) is 0 Å². The van der Waals surface area contributed by atoms with Gasteiger partial charge in [-0.25, -0.2) is 0 Å². The number of carbonyl (C=O) groups is 2. The lowest BCUT2D eigenvalue weighted by atomic mass is 9.45. The summed E-state index contributed by atoms with van der Waals surface area (Å²) < 4.78 is 0. The van der Waals surface area contributed by atoms with Gasteiger partial charge in [0.1, 0.15) is 11.4 Å². The first-order valence-corrected chi connectivity index (χ1v) is 14.5. The minimum absolute atomic E-state index is 0.0543. The minimum atomic E-state index is -1.00. The number of benzene rings is 1. The van der Waals surface area contributed by atoms with Crippen molar-refractivity contribution in [1.82, 2.24) is 20.2 Å². The highest BCUT2D eigenvalue weighted by Crippen LogP contribution is 2.62. The van der Waals surface area contributed by atoms with Gasteiger partial charge in [0.25, 0.3) is 5.91 Å². The highest BCUT2D eigenvalue weighted by Gasteiger charge is 2.56. The van der Waals surface area contributed by atoms with Crippen LogP contribution >= 0.6 is 0 Å². The zero-order valence-electron chi connectivity index (χ0n) is 24.1. The number of rotatable bonds is 8. The van der Waals surface area contributed by atoms with E-state index in [1.807, 2.05) is 24.3 Å². The monoisotopic (exact) mass is 557 g/mol. The molecule has 1 amide bonds. The van der Waals surface area contributed by atoms with Crippen molar-refractivity contribution in [3.63, 3.8) is 0 Å². The third-order valence-electron chi connectivity index (χ3n) is 9.80. The predicted molar refractivity (Wildman–Crippen MR) is 160 cm³/mol. The van der Waals surface area contributed by atoms with Crippen LogP contribution in [0, 0.1) is 34.5 Å². The van der Waals surface area contributed by atoms with E-state index < -0.39 is 5.54 Å². The highest BCUT2D eigenvalue weighted by atomic mass is 16.2. The number of pyridine rings is 2. The Kier molecular flexibility index (Phi) is 7.02. The van der Waals surface area contributed by atoms with Crippen molar-refractivity contribution in [2.24, 2.45) is 23.2 Å². The maximum absolute atomic E-state index is 14.7. The summed E-state index contributed by atoms with van der Waals surface area (Å²) in [5.41, 5.74) is 3.36. The second kappa shape index (κ2) is 10.7. The van der Waals surface area contributed by atoms with Gasteiger partial charge < -0.3 is 5.32 Å². The number of aromatic nitrogens is 2. The Labute approximate surface area is 247 Å². The van der Waals surface area contributed by atoms with Crippen molar-refractivity contribution < 1.29 is 9.59 Å². The maximum atomic E-state index is 14.7. The SMILES string of the molecule is C=C1C(CN2C(=O)C(Cc3ccncc3)(Cc3ccncc3)N/C2=C\C(=O)c2ccc(C#N)cc2)CC2CC1C2(C)C. The molecular formula is C35H35N5O2. The van der Waals surface area contributed by atoms with E-state index in [-0.39, 0.29) is 23.0 Å². The fourth-order valence-corrected chi connectivity index (χ4v) is 7.18. The normalized spacial score (nSPS) is 24.5. The van der Waals surface area contributed by atoms with Crippen molar-refractivity contribution in [3.8, 4) is 6.07 Å². The zero-order valence-corrected chi connectivity index (χ0v) is 24.1. The lowest BCUT2D eigenvalue weighted by Crippen LogP contribution is -2.54. The van der Waals surface area contributed by atoms with Crippen molar-refractivity contribution in [2.75, 3.05) is 6.54 Å². The smallest absolute Gasteiger partial charge is 0.254 e. The van der Waals surface area contributed by atoms with Gasteiger partial charge in [-0.3, -0.25) is 24.5 Å². The van der Waals surface area contributed by atoms with Crippen LogP contribution in [0.4, 0.5) is 0 Å². The summed E-state index contributed by atoms with van der Waals surface area (Å²) in [4.78, 5) is 38.3. The Balaban J connectivity index is 1.38. The number of nitrogens with one attached hydrogen (secondary N) is 1. The van der Waals surface area contributed by atoms with E-state index in [0.29, 0.717) is 48.2 Å². The van der Waals surface area contributed by atoms with Gasteiger partial charge in [0.05, 0.1) is 11.6 Å². The van der Waals surface area contributed by atoms with E-state index in [0.717, 1.165) is 17.5 Å². The summed E-state index contributed by atoms with van der Waals surface area (Å²) in [6.07, 6.45) is 11.5. The largest absolute Gasteiger partial charge is 0.357 e. The minimum Gasteiger partial charge on any atom is -0.357 e.